The monoisotopic (exact) mass is 264 g/mol. The zero-order valence-corrected chi connectivity index (χ0v) is 10.6. The first-order valence-electron chi connectivity index (χ1n) is 6.12. The van der Waals surface area contributed by atoms with Crippen LogP contribution in [0.5, 0.6) is 5.75 Å². The van der Waals surface area contributed by atoms with Crippen LogP contribution in [-0.2, 0) is 0 Å². The molecule has 3 rings (SSSR count). The van der Waals surface area contributed by atoms with Crippen molar-refractivity contribution in [1.82, 2.24) is 14.9 Å². The predicted octanol–water partition coefficient (Wildman–Crippen LogP) is 2.53. The lowest BCUT2D eigenvalue weighted by atomic mass is 10.2. The molecule has 0 saturated heterocycles. The minimum atomic E-state index is 0.186. The van der Waals surface area contributed by atoms with Crippen LogP contribution in [0.25, 0.3) is 11.4 Å². The van der Waals surface area contributed by atoms with E-state index in [4.69, 9.17) is 0 Å². The molecular weight excluding hydrogens is 252 g/mol. The lowest BCUT2D eigenvalue weighted by molar-refractivity contribution is 0.474. The number of para-hydroxylation sites is 1. The lowest BCUT2D eigenvalue weighted by Crippen LogP contribution is -1.93. The van der Waals surface area contributed by atoms with Crippen molar-refractivity contribution >= 4 is 6.21 Å². The summed E-state index contributed by atoms with van der Waals surface area (Å²) in [5, 5.41) is 21.9. The van der Waals surface area contributed by atoms with E-state index in [-0.39, 0.29) is 5.75 Å². The highest BCUT2D eigenvalue weighted by Crippen LogP contribution is 2.16. The van der Waals surface area contributed by atoms with E-state index in [1.165, 1.54) is 6.33 Å². The molecular formula is C15H12N4O. The second-order valence-electron chi connectivity index (χ2n) is 4.17. The highest BCUT2D eigenvalue weighted by molar-refractivity contribution is 5.83. The van der Waals surface area contributed by atoms with Crippen LogP contribution in [0.3, 0.4) is 0 Å². The molecule has 0 amide bonds. The molecule has 1 N–H and O–H groups in total. The number of aromatic nitrogens is 3. The number of hydrogen-bond acceptors (Lipinski definition) is 4. The molecule has 5 heteroatoms. The summed E-state index contributed by atoms with van der Waals surface area (Å²) in [5.41, 5.74) is 1.57. The van der Waals surface area contributed by atoms with Gasteiger partial charge in [-0.2, -0.15) is 9.78 Å². The highest BCUT2D eigenvalue weighted by atomic mass is 16.3. The highest BCUT2D eigenvalue weighted by Gasteiger charge is 2.05. The van der Waals surface area contributed by atoms with Crippen molar-refractivity contribution in [2.24, 2.45) is 5.10 Å². The smallest absolute Gasteiger partial charge is 0.184 e. The van der Waals surface area contributed by atoms with Crippen molar-refractivity contribution < 1.29 is 5.11 Å². The van der Waals surface area contributed by atoms with Gasteiger partial charge in [0.05, 0.1) is 6.21 Å². The van der Waals surface area contributed by atoms with Crippen LogP contribution < -0.4 is 0 Å². The molecule has 0 bridgehead atoms. The average Bonchev–Trinajstić information content (AvgIpc) is 2.96. The molecule has 0 unspecified atom stereocenters. The molecule has 0 aliphatic rings. The Kier molecular flexibility index (Phi) is 3.24. The van der Waals surface area contributed by atoms with Crippen molar-refractivity contribution in [1.29, 1.82) is 0 Å². The van der Waals surface area contributed by atoms with Gasteiger partial charge in [0.15, 0.2) is 5.82 Å². The summed E-state index contributed by atoms with van der Waals surface area (Å²) in [7, 11) is 0. The number of rotatable bonds is 3. The maximum atomic E-state index is 9.69. The quantitative estimate of drug-likeness (QED) is 0.739. The van der Waals surface area contributed by atoms with E-state index in [0.717, 1.165) is 5.56 Å². The van der Waals surface area contributed by atoms with Crippen LogP contribution in [0.2, 0.25) is 0 Å². The lowest BCUT2D eigenvalue weighted by Gasteiger charge is -2.01. The summed E-state index contributed by atoms with van der Waals surface area (Å²) < 4.78 is 1.57. The number of phenols is 1. The van der Waals surface area contributed by atoms with Gasteiger partial charge >= 0.3 is 0 Å². The zero-order chi connectivity index (χ0) is 13.8. The van der Waals surface area contributed by atoms with Gasteiger partial charge in [-0.3, -0.25) is 0 Å². The average molecular weight is 264 g/mol. The van der Waals surface area contributed by atoms with Gasteiger partial charge in [0.2, 0.25) is 0 Å². The summed E-state index contributed by atoms with van der Waals surface area (Å²) in [6.45, 7) is 0. The third kappa shape index (κ3) is 2.42. The van der Waals surface area contributed by atoms with Gasteiger partial charge in [-0.25, -0.2) is 0 Å². The van der Waals surface area contributed by atoms with E-state index in [2.05, 4.69) is 15.3 Å². The SMILES string of the molecule is Oc1ccccc1/C=N/n1cnnc1-c1ccccc1. The molecule has 0 spiro atoms. The molecule has 0 aliphatic heterocycles. The first-order chi connectivity index (χ1) is 9.84. The third-order valence-corrected chi connectivity index (χ3v) is 2.82. The maximum Gasteiger partial charge on any atom is 0.184 e. The summed E-state index contributed by atoms with van der Waals surface area (Å²) in [5.74, 6) is 0.836. The fourth-order valence-electron chi connectivity index (χ4n) is 1.81. The van der Waals surface area contributed by atoms with Crippen LogP contribution in [0.1, 0.15) is 5.56 Å². The molecule has 0 aliphatic carbocycles. The minimum absolute atomic E-state index is 0.186. The van der Waals surface area contributed by atoms with E-state index in [1.54, 1.807) is 29.1 Å². The molecule has 5 nitrogen and oxygen atoms in total. The van der Waals surface area contributed by atoms with Gasteiger partial charge in [0.25, 0.3) is 0 Å². The van der Waals surface area contributed by atoms with E-state index in [9.17, 15) is 5.11 Å². The van der Waals surface area contributed by atoms with Crippen LogP contribution in [-0.4, -0.2) is 26.2 Å². The number of aromatic hydroxyl groups is 1. The largest absolute Gasteiger partial charge is 0.507 e. The Hall–Kier alpha value is -2.95. The molecule has 0 atom stereocenters. The van der Waals surface area contributed by atoms with Crippen molar-refractivity contribution in [2.75, 3.05) is 0 Å². The van der Waals surface area contributed by atoms with Crippen LogP contribution in [0.15, 0.2) is 66.0 Å². The summed E-state index contributed by atoms with van der Waals surface area (Å²) in [6, 6.07) is 16.7. The van der Waals surface area contributed by atoms with Gasteiger partial charge in [-0.05, 0) is 12.1 Å². The normalized spacial score (nSPS) is 11.0. The number of hydrogen-bond donors (Lipinski definition) is 1. The van der Waals surface area contributed by atoms with Gasteiger partial charge in [-0.15, -0.1) is 10.2 Å². The topological polar surface area (TPSA) is 63.3 Å². The fourth-order valence-corrected chi connectivity index (χ4v) is 1.81. The van der Waals surface area contributed by atoms with Gasteiger partial charge in [-0.1, -0.05) is 42.5 Å². The summed E-state index contributed by atoms with van der Waals surface area (Å²) >= 11 is 0. The van der Waals surface area contributed by atoms with Crippen LogP contribution in [0, 0.1) is 0 Å². The van der Waals surface area contributed by atoms with Crippen molar-refractivity contribution in [3.8, 4) is 17.1 Å². The van der Waals surface area contributed by atoms with Crippen molar-refractivity contribution in [3.05, 3.63) is 66.5 Å². The Labute approximate surface area is 115 Å². The number of nitrogens with zero attached hydrogens (tertiary/aromatic N) is 4. The predicted molar refractivity (Wildman–Crippen MR) is 76.6 cm³/mol. The van der Waals surface area contributed by atoms with Crippen molar-refractivity contribution in [2.45, 2.75) is 0 Å². The first-order valence-corrected chi connectivity index (χ1v) is 6.12. The van der Waals surface area contributed by atoms with Crippen LogP contribution >= 0.6 is 0 Å². The van der Waals surface area contributed by atoms with Gasteiger partial charge in [0, 0.05) is 11.1 Å². The number of benzene rings is 2. The molecule has 0 saturated carbocycles. The zero-order valence-electron chi connectivity index (χ0n) is 10.6. The van der Waals surface area contributed by atoms with E-state index in [0.29, 0.717) is 11.4 Å². The standard InChI is InChI=1S/C15H12N4O/c20-14-9-5-4-8-13(14)10-17-19-11-16-18-15(19)12-6-2-1-3-7-12/h1-11,20H/b17-10+. The first kappa shape index (κ1) is 12.1. The Morgan fingerprint density at radius 2 is 1.75 bits per heavy atom. The second kappa shape index (κ2) is 5.36. The van der Waals surface area contributed by atoms with Crippen molar-refractivity contribution in [3.63, 3.8) is 0 Å². The Morgan fingerprint density at radius 1 is 1.00 bits per heavy atom. The molecule has 2 aromatic carbocycles. The Bertz CT molecular complexity index is 734. The summed E-state index contributed by atoms with van der Waals surface area (Å²) in [6.07, 6.45) is 3.10. The Morgan fingerprint density at radius 3 is 2.55 bits per heavy atom. The molecule has 3 aromatic rings. The Balaban J connectivity index is 1.94. The minimum Gasteiger partial charge on any atom is -0.507 e. The maximum absolute atomic E-state index is 9.69. The third-order valence-electron chi connectivity index (χ3n) is 2.82. The van der Waals surface area contributed by atoms with Gasteiger partial charge in [0.1, 0.15) is 12.1 Å². The van der Waals surface area contributed by atoms with E-state index < -0.39 is 0 Å². The second-order valence-corrected chi connectivity index (χ2v) is 4.17. The molecule has 0 fully saturated rings. The molecule has 0 radical (unpaired) electrons. The number of phenolic OH excluding ortho intramolecular Hbond substituents is 1. The molecule has 98 valence electrons. The molecule has 1 heterocycles. The van der Waals surface area contributed by atoms with E-state index in [1.807, 2.05) is 36.4 Å². The van der Waals surface area contributed by atoms with Gasteiger partial charge < -0.3 is 5.11 Å². The van der Waals surface area contributed by atoms with E-state index >= 15 is 0 Å². The van der Waals surface area contributed by atoms with Crippen LogP contribution in [0.4, 0.5) is 0 Å². The molecule has 1 aromatic heterocycles. The fraction of sp³-hybridized carbons (Fsp3) is 0. The summed E-state index contributed by atoms with van der Waals surface area (Å²) in [4.78, 5) is 0. The molecule has 20 heavy (non-hydrogen) atoms.